The van der Waals surface area contributed by atoms with Crippen LogP contribution in [0.25, 0.3) is 16.9 Å². The number of piperidine rings is 1. The smallest absolute Gasteiger partial charge is 0.283 e. The molecule has 30 heavy (non-hydrogen) atoms. The van der Waals surface area contributed by atoms with Crippen LogP contribution in [-0.4, -0.2) is 33.7 Å². The van der Waals surface area contributed by atoms with Gasteiger partial charge in [0.25, 0.3) is 5.91 Å². The molecule has 1 amide bonds. The summed E-state index contributed by atoms with van der Waals surface area (Å²) in [5.74, 6) is -0.730. The maximum Gasteiger partial charge on any atom is 0.286 e. The van der Waals surface area contributed by atoms with E-state index in [-0.39, 0.29) is 18.5 Å². The molecule has 0 saturated carbocycles. The average Bonchev–Trinajstić information content (AvgIpc) is 3.08. The summed E-state index contributed by atoms with van der Waals surface area (Å²) in [5, 5.41) is 6.56. The van der Waals surface area contributed by atoms with E-state index in [1.54, 1.807) is 49.4 Å². The molecule has 5 nitrogen and oxygen atoms in total. The van der Waals surface area contributed by atoms with Crippen LogP contribution >= 0.6 is 34.8 Å². The third-order valence-electron chi connectivity index (χ3n) is 4.70. The Morgan fingerprint density at radius 1 is 1.03 bits per heavy atom. The molecule has 1 N–H and O–H groups in total. The standard InChI is InChI=1S/C22H21Cl3N4O/c1-14-20(22(30)27-28-11-3-2-4-12-28)26-29(19-10-9-17(24)13-18(19)25)21(14)15-5-7-16(23)8-6-15/h5-10,13H,2-4,11-12H2,1H3,(H,27,30)/i11D2,12D2. The van der Waals surface area contributed by atoms with Crippen molar-refractivity contribution in [2.75, 3.05) is 13.0 Å². The molecule has 4 rings (SSSR count). The molecule has 1 fully saturated rings. The lowest BCUT2D eigenvalue weighted by Gasteiger charge is -2.26. The lowest BCUT2D eigenvalue weighted by Crippen LogP contribution is -2.45. The van der Waals surface area contributed by atoms with Crippen molar-refractivity contribution >= 4 is 40.7 Å². The van der Waals surface area contributed by atoms with Gasteiger partial charge in [-0.15, -0.1) is 0 Å². The van der Waals surface area contributed by atoms with Gasteiger partial charge in [-0.1, -0.05) is 53.4 Å². The minimum Gasteiger partial charge on any atom is -0.283 e. The fourth-order valence-electron chi connectivity index (χ4n) is 3.25. The van der Waals surface area contributed by atoms with Gasteiger partial charge in [-0.2, -0.15) is 5.10 Å². The molecule has 0 radical (unpaired) electrons. The highest BCUT2D eigenvalue weighted by Crippen LogP contribution is 2.33. The van der Waals surface area contributed by atoms with Gasteiger partial charge in [0.05, 0.1) is 16.4 Å². The molecule has 3 aromatic rings. The highest BCUT2D eigenvalue weighted by atomic mass is 35.5. The fourth-order valence-corrected chi connectivity index (χ4v) is 3.86. The van der Waals surface area contributed by atoms with Crippen LogP contribution in [0.3, 0.4) is 0 Å². The molecular formula is C22H21Cl3N4O. The molecule has 0 spiro atoms. The Kier molecular flexibility index (Phi) is 4.98. The van der Waals surface area contributed by atoms with Crippen molar-refractivity contribution in [1.29, 1.82) is 0 Å². The number of benzene rings is 2. The van der Waals surface area contributed by atoms with E-state index in [4.69, 9.17) is 40.3 Å². The van der Waals surface area contributed by atoms with Crippen molar-refractivity contribution in [1.82, 2.24) is 20.2 Å². The SMILES string of the molecule is [2H]C1([2H])CCCC([2H])([2H])N1NC(=O)c1nn(-c2ccc(Cl)cc2Cl)c(-c2ccc(Cl)cc2)c1C. The van der Waals surface area contributed by atoms with Gasteiger partial charge < -0.3 is 0 Å². The summed E-state index contributed by atoms with van der Waals surface area (Å²) in [5.41, 5.74) is 4.73. The number of carbonyl (C=O) groups is 1. The Morgan fingerprint density at radius 3 is 2.37 bits per heavy atom. The van der Waals surface area contributed by atoms with Crippen LogP contribution in [-0.2, 0) is 0 Å². The van der Waals surface area contributed by atoms with Crippen molar-refractivity contribution in [3.8, 4) is 16.9 Å². The van der Waals surface area contributed by atoms with Crippen molar-refractivity contribution in [2.24, 2.45) is 0 Å². The van der Waals surface area contributed by atoms with E-state index < -0.39 is 18.9 Å². The van der Waals surface area contributed by atoms with E-state index in [2.05, 4.69) is 10.5 Å². The first kappa shape index (κ1) is 16.6. The Morgan fingerprint density at radius 2 is 1.70 bits per heavy atom. The Bertz CT molecular complexity index is 1230. The second kappa shape index (κ2) is 8.98. The van der Waals surface area contributed by atoms with E-state index in [0.717, 1.165) is 10.6 Å². The lowest BCUT2D eigenvalue weighted by molar-refractivity contribution is 0.0743. The molecule has 2 heterocycles. The van der Waals surface area contributed by atoms with Gasteiger partial charge in [0, 0.05) is 39.6 Å². The number of nitrogens with one attached hydrogen (secondary N) is 1. The minimum absolute atomic E-state index is 0.00754. The molecule has 0 unspecified atom stereocenters. The molecule has 0 atom stereocenters. The van der Waals surface area contributed by atoms with E-state index in [1.807, 2.05) is 0 Å². The van der Waals surface area contributed by atoms with Gasteiger partial charge in [0.1, 0.15) is 0 Å². The maximum atomic E-state index is 13.3. The minimum atomic E-state index is -2.05. The normalized spacial score (nSPS) is 20.0. The molecule has 2 aromatic carbocycles. The van der Waals surface area contributed by atoms with Crippen molar-refractivity contribution in [3.05, 3.63) is 68.8 Å². The number of hydrogen-bond acceptors (Lipinski definition) is 3. The molecule has 1 aromatic heterocycles. The van der Waals surface area contributed by atoms with Crippen LogP contribution < -0.4 is 5.43 Å². The fraction of sp³-hybridized carbons (Fsp3) is 0.273. The number of rotatable bonds is 4. The number of nitrogens with zero attached hydrogens (tertiary/aromatic N) is 3. The van der Waals surface area contributed by atoms with Gasteiger partial charge in [-0.05, 0) is 50.1 Å². The summed E-state index contributed by atoms with van der Waals surface area (Å²) in [6.07, 6.45) is 0.559. The number of carbonyl (C=O) groups excluding carboxylic acids is 1. The molecule has 0 bridgehead atoms. The van der Waals surface area contributed by atoms with Gasteiger partial charge in [-0.25, -0.2) is 9.69 Å². The molecule has 0 aliphatic carbocycles. The zero-order chi connectivity index (χ0) is 24.8. The maximum absolute atomic E-state index is 13.3. The van der Waals surface area contributed by atoms with Gasteiger partial charge in [0.2, 0.25) is 0 Å². The zero-order valence-electron chi connectivity index (χ0n) is 20.0. The van der Waals surface area contributed by atoms with Crippen LogP contribution in [0.5, 0.6) is 0 Å². The van der Waals surface area contributed by atoms with Gasteiger partial charge >= 0.3 is 0 Å². The van der Waals surface area contributed by atoms with E-state index in [0.29, 0.717) is 38.4 Å². The van der Waals surface area contributed by atoms with Gasteiger partial charge in [0.15, 0.2) is 5.69 Å². The van der Waals surface area contributed by atoms with Crippen molar-refractivity contribution < 1.29 is 10.3 Å². The highest BCUT2D eigenvalue weighted by molar-refractivity contribution is 6.35. The largest absolute Gasteiger partial charge is 0.286 e. The zero-order valence-corrected chi connectivity index (χ0v) is 18.3. The predicted octanol–water partition coefficient (Wildman–Crippen LogP) is 5.94. The first-order chi connectivity index (χ1) is 15.9. The molecule has 156 valence electrons. The second-order valence-corrected chi connectivity index (χ2v) is 8.06. The summed E-state index contributed by atoms with van der Waals surface area (Å²) in [6.45, 7) is -2.38. The number of aromatic nitrogens is 2. The highest BCUT2D eigenvalue weighted by Gasteiger charge is 2.24. The summed E-state index contributed by atoms with van der Waals surface area (Å²) in [6, 6.07) is 11.9. The van der Waals surface area contributed by atoms with E-state index in [1.165, 1.54) is 4.68 Å². The van der Waals surface area contributed by atoms with Crippen LogP contribution in [0.4, 0.5) is 0 Å². The molecular weight excluding hydrogens is 443 g/mol. The monoisotopic (exact) mass is 466 g/mol. The predicted molar refractivity (Wildman–Crippen MR) is 122 cm³/mol. The lowest BCUT2D eigenvalue weighted by atomic mass is 10.1. The number of hydrogen-bond donors (Lipinski definition) is 1. The third-order valence-corrected chi connectivity index (χ3v) is 5.49. The second-order valence-electron chi connectivity index (χ2n) is 6.78. The average molecular weight is 468 g/mol. The Balaban J connectivity index is 1.82. The summed E-state index contributed by atoms with van der Waals surface area (Å²) in [7, 11) is 0. The van der Waals surface area contributed by atoms with Crippen LogP contribution in [0.1, 0.15) is 40.8 Å². The topological polar surface area (TPSA) is 50.2 Å². The summed E-state index contributed by atoms with van der Waals surface area (Å²) < 4.78 is 34.3. The Hall–Kier alpha value is -2.05. The first-order valence-corrected chi connectivity index (χ1v) is 10.5. The van der Waals surface area contributed by atoms with Crippen LogP contribution in [0.2, 0.25) is 15.1 Å². The van der Waals surface area contributed by atoms with E-state index >= 15 is 0 Å². The van der Waals surface area contributed by atoms with E-state index in [9.17, 15) is 4.79 Å². The molecule has 1 aliphatic heterocycles. The third kappa shape index (κ3) is 4.35. The van der Waals surface area contributed by atoms with Gasteiger partial charge in [-0.3, -0.25) is 10.2 Å². The quantitative estimate of drug-likeness (QED) is 0.516. The van der Waals surface area contributed by atoms with Crippen LogP contribution in [0, 0.1) is 6.92 Å². The van der Waals surface area contributed by atoms with Crippen LogP contribution in [0.15, 0.2) is 42.5 Å². The summed E-state index contributed by atoms with van der Waals surface area (Å²) in [4.78, 5) is 13.3. The Labute approximate surface area is 196 Å². The molecule has 1 saturated heterocycles. The summed E-state index contributed by atoms with van der Waals surface area (Å²) >= 11 is 18.6. The number of halogens is 3. The van der Waals surface area contributed by atoms with Crippen molar-refractivity contribution in [3.63, 3.8) is 0 Å². The van der Waals surface area contributed by atoms with Crippen molar-refractivity contribution in [2.45, 2.75) is 26.2 Å². The molecule has 1 aliphatic rings. The molecule has 8 heteroatoms. The number of hydrazine groups is 1. The number of amides is 1. The first-order valence-electron chi connectivity index (χ1n) is 11.3.